The lowest BCUT2D eigenvalue weighted by Crippen LogP contribution is -2.23. The van der Waals surface area contributed by atoms with Crippen molar-refractivity contribution in [2.45, 2.75) is 26.2 Å². The molecule has 3 N–H and O–H groups in total. The summed E-state index contributed by atoms with van der Waals surface area (Å²) < 4.78 is 0.182. The fourth-order valence-electron chi connectivity index (χ4n) is 2.10. The summed E-state index contributed by atoms with van der Waals surface area (Å²) in [6.45, 7) is 2.03. The van der Waals surface area contributed by atoms with E-state index in [1.165, 1.54) is 6.07 Å². The molecule has 2 aromatic rings. The third-order valence-electron chi connectivity index (χ3n) is 3.15. The molecule has 126 valence electrons. The average molecular weight is 365 g/mol. The summed E-state index contributed by atoms with van der Waals surface area (Å²) in [6, 6.07) is 8.57. The summed E-state index contributed by atoms with van der Waals surface area (Å²) >= 11 is 10.8. The Hall–Kier alpha value is -2.25. The molecule has 1 aromatic heterocycles. The molecule has 2 rings (SSSR count). The van der Waals surface area contributed by atoms with Gasteiger partial charge in [-0.15, -0.1) is 0 Å². The zero-order chi connectivity index (χ0) is 17.5. The van der Waals surface area contributed by atoms with Crippen LogP contribution >= 0.6 is 23.8 Å². The van der Waals surface area contributed by atoms with E-state index in [1.54, 1.807) is 12.1 Å². The minimum Gasteiger partial charge on any atom is -0.335 e. The lowest BCUT2D eigenvalue weighted by Gasteiger charge is -2.07. The van der Waals surface area contributed by atoms with Gasteiger partial charge in [0.05, 0.1) is 12.1 Å². The zero-order valence-corrected chi connectivity index (χ0v) is 14.6. The first-order valence-electron chi connectivity index (χ1n) is 7.42. The summed E-state index contributed by atoms with van der Waals surface area (Å²) in [4.78, 5) is 28.5. The van der Waals surface area contributed by atoms with Crippen molar-refractivity contribution in [2.75, 3.05) is 0 Å². The van der Waals surface area contributed by atoms with Crippen molar-refractivity contribution in [3.8, 4) is 0 Å². The Labute approximate surface area is 149 Å². The molecule has 0 saturated heterocycles. The summed E-state index contributed by atoms with van der Waals surface area (Å²) in [5.41, 5.74) is 4.26. The van der Waals surface area contributed by atoms with Gasteiger partial charge < -0.3 is 4.98 Å². The van der Waals surface area contributed by atoms with Crippen LogP contribution in [0.25, 0.3) is 0 Å². The fraction of sp³-hybridized carbons (Fsp3) is 0.250. The van der Waals surface area contributed by atoms with E-state index in [0.717, 1.165) is 24.1 Å². The number of nitrogens with zero attached hydrogens (tertiary/aromatic N) is 1. The molecule has 1 aromatic carbocycles. The predicted molar refractivity (Wildman–Crippen MR) is 97.0 cm³/mol. The Bertz CT molecular complexity index is 827. The smallest absolute Gasteiger partial charge is 0.251 e. The maximum atomic E-state index is 12.0. The van der Waals surface area contributed by atoms with Crippen LogP contribution in [0.15, 0.2) is 40.2 Å². The molecule has 1 amide bonds. The van der Waals surface area contributed by atoms with Gasteiger partial charge in [-0.1, -0.05) is 37.1 Å². The highest BCUT2D eigenvalue weighted by atomic mass is 35.5. The van der Waals surface area contributed by atoms with Gasteiger partial charge in [0.1, 0.15) is 0 Å². The van der Waals surface area contributed by atoms with E-state index < -0.39 is 0 Å². The number of aromatic nitrogens is 2. The number of halogens is 1. The number of benzene rings is 1. The van der Waals surface area contributed by atoms with Crippen molar-refractivity contribution in [2.24, 2.45) is 5.10 Å². The number of carbonyl (C=O) groups excluding carboxylic acids is 1. The summed E-state index contributed by atoms with van der Waals surface area (Å²) in [5, 5.41) is 4.84. The minimum atomic E-state index is -0.349. The van der Waals surface area contributed by atoms with Crippen molar-refractivity contribution >= 4 is 35.4 Å². The predicted octanol–water partition coefficient (Wildman–Crippen LogP) is 2.95. The van der Waals surface area contributed by atoms with Crippen LogP contribution in [0.3, 0.4) is 0 Å². The average Bonchev–Trinajstić information content (AvgIpc) is 2.51. The first-order valence-corrected chi connectivity index (χ1v) is 8.20. The molecule has 24 heavy (non-hydrogen) atoms. The van der Waals surface area contributed by atoms with Crippen LogP contribution in [0.4, 0.5) is 0 Å². The Morgan fingerprint density at radius 3 is 2.62 bits per heavy atom. The second-order valence-corrected chi connectivity index (χ2v) is 5.98. The molecule has 0 saturated carbocycles. The Morgan fingerprint density at radius 1 is 1.29 bits per heavy atom. The first kappa shape index (κ1) is 18.1. The van der Waals surface area contributed by atoms with Gasteiger partial charge in [-0.2, -0.15) is 5.10 Å². The van der Waals surface area contributed by atoms with Crippen LogP contribution in [0.1, 0.15) is 31.0 Å². The van der Waals surface area contributed by atoms with Crippen LogP contribution in [0, 0.1) is 4.77 Å². The van der Waals surface area contributed by atoms with Gasteiger partial charge in [0.15, 0.2) is 4.77 Å². The molecule has 0 aliphatic rings. The van der Waals surface area contributed by atoms with E-state index >= 15 is 0 Å². The van der Waals surface area contributed by atoms with Crippen LogP contribution < -0.4 is 11.0 Å². The number of hydrogen-bond acceptors (Lipinski definition) is 4. The Balaban J connectivity index is 2.10. The molecule has 0 aliphatic carbocycles. The third-order valence-corrected chi connectivity index (χ3v) is 3.60. The number of amides is 1. The number of hydrogen-bond donors (Lipinski definition) is 3. The van der Waals surface area contributed by atoms with Gasteiger partial charge in [0.2, 0.25) is 5.91 Å². The fourth-order valence-corrected chi connectivity index (χ4v) is 2.46. The summed E-state index contributed by atoms with van der Waals surface area (Å²) in [7, 11) is 0. The molecule has 0 radical (unpaired) electrons. The molecule has 0 fully saturated rings. The van der Waals surface area contributed by atoms with E-state index in [9.17, 15) is 9.59 Å². The van der Waals surface area contributed by atoms with Gasteiger partial charge in [-0.25, -0.2) is 5.43 Å². The van der Waals surface area contributed by atoms with E-state index in [2.05, 4.69) is 20.5 Å². The molecular weight excluding hydrogens is 348 g/mol. The number of H-pyrrole nitrogens is 2. The van der Waals surface area contributed by atoms with Crippen molar-refractivity contribution in [3.05, 3.63) is 61.7 Å². The van der Waals surface area contributed by atoms with E-state index in [-0.39, 0.29) is 22.7 Å². The van der Waals surface area contributed by atoms with Crippen LogP contribution in [-0.4, -0.2) is 21.6 Å². The van der Waals surface area contributed by atoms with Gasteiger partial charge in [-0.05, 0) is 36.3 Å². The lowest BCUT2D eigenvalue weighted by molar-refractivity contribution is -0.120. The Morgan fingerprint density at radius 2 is 2.00 bits per heavy atom. The van der Waals surface area contributed by atoms with Gasteiger partial charge >= 0.3 is 0 Å². The number of carbonyl (C=O) groups is 1. The van der Waals surface area contributed by atoms with Crippen molar-refractivity contribution in [1.29, 1.82) is 0 Å². The second-order valence-electron chi connectivity index (χ2n) is 5.14. The first-order chi connectivity index (χ1) is 11.5. The topological polar surface area (TPSA) is 90.1 Å². The molecule has 0 bridgehead atoms. The quantitative estimate of drug-likeness (QED) is 0.418. The van der Waals surface area contributed by atoms with E-state index in [0.29, 0.717) is 10.7 Å². The molecule has 1 heterocycles. The highest BCUT2D eigenvalue weighted by Gasteiger charge is 2.07. The minimum absolute atomic E-state index is 0.0168. The van der Waals surface area contributed by atoms with Gasteiger partial charge in [0.25, 0.3) is 5.56 Å². The highest BCUT2D eigenvalue weighted by molar-refractivity contribution is 7.71. The standard InChI is InChI=1S/C16H17ClN4O2S/c1-2-3-13(10-4-6-11(17)7-5-10)20-21-15(23)9-12-8-14(22)19-16(24)18-12/h4-8H,2-3,9H2,1H3,(H,21,23)(H2,18,19,22,24)/b20-13-. The van der Waals surface area contributed by atoms with Crippen LogP contribution in [0.2, 0.25) is 5.02 Å². The lowest BCUT2D eigenvalue weighted by atomic mass is 10.1. The monoisotopic (exact) mass is 364 g/mol. The van der Waals surface area contributed by atoms with Gasteiger partial charge in [-0.3, -0.25) is 14.6 Å². The SMILES string of the molecule is CCC/C(=N/NC(=O)Cc1cc(=O)[nH]c(=S)[nH]1)c1ccc(Cl)cc1. The normalized spacial score (nSPS) is 11.3. The highest BCUT2D eigenvalue weighted by Crippen LogP contribution is 2.12. The summed E-state index contributed by atoms with van der Waals surface area (Å²) in [6.07, 6.45) is 1.59. The zero-order valence-electron chi connectivity index (χ0n) is 13.1. The van der Waals surface area contributed by atoms with Crippen LogP contribution in [-0.2, 0) is 11.2 Å². The number of nitrogens with one attached hydrogen (secondary N) is 3. The van der Waals surface area contributed by atoms with Crippen molar-refractivity contribution in [1.82, 2.24) is 15.4 Å². The number of rotatable bonds is 6. The van der Waals surface area contributed by atoms with Crippen molar-refractivity contribution < 1.29 is 4.79 Å². The maximum Gasteiger partial charge on any atom is 0.251 e. The van der Waals surface area contributed by atoms with E-state index in [4.69, 9.17) is 23.8 Å². The number of hydrazone groups is 1. The van der Waals surface area contributed by atoms with Crippen LogP contribution in [0.5, 0.6) is 0 Å². The molecule has 8 heteroatoms. The second kappa shape index (κ2) is 8.56. The molecule has 0 spiro atoms. The molecule has 0 aliphatic heterocycles. The molecule has 0 atom stereocenters. The van der Waals surface area contributed by atoms with E-state index in [1.807, 2.05) is 19.1 Å². The molecular formula is C16H17ClN4O2S. The number of aromatic amines is 2. The molecule has 6 nitrogen and oxygen atoms in total. The maximum absolute atomic E-state index is 12.0. The summed E-state index contributed by atoms with van der Waals surface area (Å²) in [5.74, 6) is -0.339. The molecule has 0 unspecified atom stereocenters. The van der Waals surface area contributed by atoms with Crippen molar-refractivity contribution in [3.63, 3.8) is 0 Å². The Kier molecular flexibility index (Phi) is 6.45. The third kappa shape index (κ3) is 5.43. The largest absolute Gasteiger partial charge is 0.335 e. The van der Waals surface area contributed by atoms with Gasteiger partial charge in [0, 0.05) is 16.8 Å².